The summed E-state index contributed by atoms with van der Waals surface area (Å²) in [6, 6.07) is 0.366. The van der Waals surface area contributed by atoms with Gasteiger partial charge in [0.1, 0.15) is 17.5 Å². The summed E-state index contributed by atoms with van der Waals surface area (Å²) in [4.78, 5) is 10.9. The van der Waals surface area contributed by atoms with E-state index in [0.717, 1.165) is 36.6 Å². The SMILES string of the molecule is CCc1nc(N)c(C)c(NC(C)CCN(C)C)n1. The Hall–Kier alpha value is -1.36. The fraction of sp³-hybridized carbons (Fsp3) is 0.692. The van der Waals surface area contributed by atoms with Gasteiger partial charge in [-0.1, -0.05) is 6.92 Å². The van der Waals surface area contributed by atoms with E-state index in [1.807, 2.05) is 13.8 Å². The maximum atomic E-state index is 5.90. The molecule has 0 saturated heterocycles. The molecule has 0 aliphatic heterocycles. The lowest BCUT2D eigenvalue weighted by atomic mass is 10.2. The van der Waals surface area contributed by atoms with Crippen LogP contribution in [-0.4, -0.2) is 41.5 Å². The maximum Gasteiger partial charge on any atom is 0.134 e. The molecule has 0 radical (unpaired) electrons. The second-order valence-corrected chi connectivity index (χ2v) is 4.99. The lowest BCUT2D eigenvalue weighted by Gasteiger charge is -2.19. The molecule has 0 aliphatic rings. The summed E-state index contributed by atoms with van der Waals surface area (Å²) in [6.07, 6.45) is 1.86. The highest BCUT2D eigenvalue weighted by Gasteiger charge is 2.10. The predicted molar refractivity (Wildman–Crippen MR) is 76.8 cm³/mol. The van der Waals surface area contributed by atoms with E-state index in [2.05, 4.69) is 41.2 Å². The van der Waals surface area contributed by atoms with Gasteiger partial charge in [-0.2, -0.15) is 0 Å². The van der Waals surface area contributed by atoms with Gasteiger partial charge >= 0.3 is 0 Å². The van der Waals surface area contributed by atoms with Crippen molar-refractivity contribution in [3.63, 3.8) is 0 Å². The third kappa shape index (κ3) is 4.14. The number of hydrogen-bond donors (Lipinski definition) is 2. The number of nitrogen functional groups attached to an aromatic ring is 1. The van der Waals surface area contributed by atoms with E-state index in [1.165, 1.54) is 0 Å². The number of nitrogens with two attached hydrogens (primary N) is 1. The first-order chi connectivity index (χ1) is 8.43. The topological polar surface area (TPSA) is 67.1 Å². The summed E-state index contributed by atoms with van der Waals surface area (Å²) >= 11 is 0. The van der Waals surface area contributed by atoms with Crippen molar-refractivity contribution in [2.45, 2.75) is 39.7 Å². The van der Waals surface area contributed by atoms with E-state index in [0.29, 0.717) is 11.9 Å². The van der Waals surface area contributed by atoms with Gasteiger partial charge in [0, 0.05) is 18.0 Å². The van der Waals surface area contributed by atoms with E-state index < -0.39 is 0 Å². The van der Waals surface area contributed by atoms with Crippen LogP contribution in [0.5, 0.6) is 0 Å². The van der Waals surface area contributed by atoms with Gasteiger partial charge in [-0.05, 0) is 40.9 Å². The lowest BCUT2D eigenvalue weighted by Crippen LogP contribution is -2.24. The summed E-state index contributed by atoms with van der Waals surface area (Å²) < 4.78 is 0. The van der Waals surface area contributed by atoms with E-state index in [-0.39, 0.29) is 0 Å². The molecule has 5 heteroatoms. The quantitative estimate of drug-likeness (QED) is 0.805. The van der Waals surface area contributed by atoms with Crippen molar-refractivity contribution >= 4 is 11.6 Å². The first-order valence-electron chi connectivity index (χ1n) is 6.48. The molecule has 0 spiro atoms. The lowest BCUT2D eigenvalue weighted by molar-refractivity contribution is 0.390. The third-order valence-electron chi connectivity index (χ3n) is 2.94. The minimum atomic E-state index is 0.366. The van der Waals surface area contributed by atoms with Gasteiger partial charge in [-0.25, -0.2) is 9.97 Å². The van der Waals surface area contributed by atoms with Gasteiger partial charge < -0.3 is 16.0 Å². The van der Waals surface area contributed by atoms with Gasteiger partial charge in [-0.3, -0.25) is 0 Å². The van der Waals surface area contributed by atoms with Crippen molar-refractivity contribution in [3.8, 4) is 0 Å². The molecule has 1 aromatic heterocycles. The largest absolute Gasteiger partial charge is 0.383 e. The molecular formula is C13H25N5. The van der Waals surface area contributed by atoms with Crippen molar-refractivity contribution in [1.82, 2.24) is 14.9 Å². The van der Waals surface area contributed by atoms with Crippen LogP contribution in [0.1, 0.15) is 31.7 Å². The highest BCUT2D eigenvalue weighted by molar-refractivity contribution is 5.55. The van der Waals surface area contributed by atoms with Crippen LogP contribution < -0.4 is 11.1 Å². The zero-order valence-electron chi connectivity index (χ0n) is 12.1. The zero-order valence-corrected chi connectivity index (χ0v) is 12.1. The Morgan fingerprint density at radius 2 is 2.00 bits per heavy atom. The number of nitrogens with one attached hydrogen (secondary N) is 1. The zero-order chi connectivity index (χ0) is 13.7. The summed E-state index contributed by atoms with van der Waals surface area (Å²) in [7, 11) is 4.16. The molecule has 0 bridgehead atoms. The minimum absolute atomic E-state index is 0.366. The Balaban J connectivity index is 2.74. The van der Waals surface area contributed by atoms with Crippen LogP contribution in [0.3, 0.4) is 0 Å². The molecular weight excluding hydrogens is 226 g/mol. The van der Waals surface area contributed by atoms with E-state index in [4.69, 9.17) is 5.73 Å². The Morgan fingerprint density at radius 1 is 1.33 bits per heavy atom. The van der Waals surface area contributed by atoms with Gasteiger partial charge in [0.2, 0.25) is 0 Å². The molecule has 0 fully saturated rings. The molecule has 18 heavy (non-hydrogen) atoms. The number of aromatic nitrogens is 2. The Bertz CT molecular complexity index is 389. The van der Waals surface area contributed by atoms with Crippen molar-refractivity contribution in [2.75, 3.05) is 31.7 Å². The molecule has 1 rings (SSSR count). The fourth-order valence-electron chi connectivity index (χ4n) is 1.64. The minimum Gasteiger partial charge on any atom is -0.383 e. The molecule has 0 aliphatic carbocycles. The van der Waals surface area contributed by atoms with Gasteiger partial charge in [0.25, 0.3) is 0 Å². The van der Waals surface area contributed by atoms with Crippen molar-refractivity contribution in [1.29, 1.82) is 0 Å². The molecule has 5 nitrogen and oxygen atoms in total. The maximum absolute atomic E-state index is 5.90. The predicted octanol–water partition coefficient (Wildman–Crippen LogP) is 1.68. The highest BCUT2D eigenvalue weighted by Crippen LogP contribution is 2.18. The normalized spacial score (nSPS) is 12.8. The average Bonchev–Trinajstić information content (AvgIpc) is 2.32. The molecule has 0 saturated carbocycles. The average molecular weight is 251 g/mol. The summed E-state index contributed by atoms with van der Waals surface area (Å²) in [5.41, 5.74) is 6.83. The molecule has 1 heterocycles. The first-order valence-corrected chi connectivity index (χ1v) is 6.48. The molecule has 1 aromatic rings. The number of hydrogen-bond acceptors (Lipinski definition) is 5. The molecule has 102 valence electrons. The Kier molecular flexibility index (Phi) is 5.34. The van der Waals surface area contributed by atoms with Crippen LogP contribution in [0, 0.1) is 6.92 Å². The molecule has 1 atom stereocenters. The van der Waals surface area contributed by atoms with Crippen LogP contribution >= 0.6 is 0 Å². The van der Waals surface area contributed by atoms with Crippen LogP contribution in [0.15, 0.2) is 0 Å². The van der Waals surface area contributed by atoms with Gasteiger partial charge in [-0.15, -0.1) is 0 Å². The van der Waals surface area contributed by atoms with Crippen LogP contribution in [-0.2, 0) is 6.42 Å². The van der Waals surface area contributed by atoms with Crippen LogP contribution in [0.2, 0.25) is 0 Å². The second-order valence-electron chi connectivity index (χ2n) is 4.99. The Labute approximate surface area is 110 Å². The highest BCUT2D eigenvalue weighted by atomic mass is 15.1. The van der Waals surface area contributed by atoms with Crippen molar-refractivity contribution < 1.29 is 0 Å². The number of rotatable bonds is 6. The molecule has 3 N–H and O–H groups in total. The monoisotopic (exact) mass is 251 g/mol. The number of aryl methyl sites for hydroxylation is 1. The van der Waals surface area contributed by atoms with E-state index in [9.17, 15) is 0 Å². The number of anilines is 2. The second kappa shape index (κ2) is 6.54. The van der Waals surface area contributed by atoms with Gasteiger partial charge in [0.15, 0.2) is 0 Å². The van der Waals surface area contributed by atoms with Crippen LogP contribution in [0.4, 0.5) is 11.6 Å². The Morgan fingerprint density at radius 3 is 2.56 bits per heavy atom. The first kappa shape index (κ1) is 14.7. The van der Waals surface area contributed by atoms with Gasteiger partial charge in [0.05, 0.1) is 0 Å². The molecule has 0 aromatic carbocycles. The summed E-state index contributed by atoms with van der Waals surface area (Å²) in [5, 5.41) is 3.42. The number of nitrogens with zero attached hydrogens (tertiary/aromatic N) is 3. The summed E-state index contributed by atoms with van der Waals surface area (Å²) in [6.45, 7) is 7.19. The van der Waals surface area contributed by atoms with Crippen LogP contribution in [0.25, 0.3) is 0 Å². The summed E-state index contributed by atoms with van der Waals surface area (Å²) in [5.74, 6) is 2.23. The van der Waals surface area contributed by atoms with Crippen molar-refractivity contribution in [2.24, 2.45) is 0 Å². The molecule has 0 amide bonds. The van der Waals surface area contributed by atoms with E-state index >= 15 is 0 Å². The van der Waals surface area contributed by atoms with E-state index in [1.54, 1.807) is 0 Å². The smallest absolute Gasteiger partial charge is 0.134 e. The van der Waals surface area contributed by atoms with Crippen molar-refractivity contribution in [3.05, 3.63) is 11.4 Å². The standard InChI is InChI=1S/C13H25N5/c1-6-11-16-12(14)10(3)13(17-11)15-9(2)7-8-18(4)5/h9H,6-8H2,1-5H3,(H3,14,15,16,17). The third-order valence-corrected chi connectivity index (χ3v) is 2.94. The fourth-order valence-corrected chi connectivity index (χ4v) is 1.64. The molecule has 1 unspecified atom stereocenters.